The fourth-order valence-electron chi connectivity index (χ4n) is 3.55. The van der Waals surface area contributed by atoms with Crippen molar-refractivity contribution in [2.24, 2.45) is 5.92 Å². The fraction of sp³-hybridized carbons (Fsp3) is 0.545. The van der Waals surface area contributed by atoms with Gasteiger partial charge in [0.05, 0.1) is 19.3 Å². The number of hydrogen-bond acceptors (Lipinski definition) is 5. The van der Waals surface area contributed by atoms with Crippen LogP contribution in [0.15, 0.2) is 30.5 Å². The van der Waals surface area contributed by atoms with E-state index in [-0.39, 0.29) is 17.9 Å². The van der Waals surface area contributed by atoms with Crippen LogP contribution < -0.4 is 10.1 Å². The van der Waals surface area contributed by atoms with Gasteiger partial charge < -0.3 is 15.0 Å². The van der Waals surface area contributed by atoms with Crippen molar-refractivity contribution in [2.45, 2.75) is 45.6 Å². The molecule has 162 valence electrons. The smallest absolute Gasteiger partial charge is 0.273 e. The Morgan fingerprint density at radius 2 is 2.03 bits per heavy atom. The van der Waals surface area contributed by atoms with Crippen molar-refractivity contribution < 1.29 is 14.3 Å². The normalized spacial score (nSPS) is 16.5. The largest absolute Gasteiger partial charge is 0.497 e. The van der Waals surface area contributed by atoms with Gasteiger partial charge in [-0.3, -0.25) is 9.59 Å². The first-order chi connectivity index (χ1) is 14.5. The van der Waals surface area contributed by atoms with Crippen LogP contribution in [0.3, 0.4) is 0 Å². The van der Waals surface area contributed by atoms with Crippen LogP contribution in [0.25, 0.3) is 0 Å². The number of carbonyl (C=O) groups excluding carboxylic acids is 2. The van der Waals surface area contributed by atoms with Gasteiger partial charge in [-0.15, -0.1) is 5.10 Å². The molecule has 1 aliphatic heterocycles. The molecule has 1 saturated heterocycles. The lowest BCUT2D eigenvalue weighted by molar-refractivity contribution is -0.132. The number of likely N-dealkylation sites (tertiary alicyclic amines) is 1. The Morgan fingerprint density at radius 1 is 1.27 bits per heavy atom. The maximum Gasteiger partial charge on any atom is 0.273 e. The number of nitrogens with zero attached hydrogens (tertiary/aromatic N) is 4. The molecule has 0 aliphatic carbocycles. The topological polar surface area (TPSA) is 89.4 Å². The van der Waals surface area contributed by atoms with Crippen LogP contribution in [-0.4, -0.2) is 58.5 Å². The quantitative estimate of drug-likeness (QED) is 0.718. The van der Waals surface area contributed by atoms with Crippen LogP contribution >= 0.6 is 0 Å². The van der Waals surface area contributed by atoms with Crippen molar-refractivity contribution in [3.8, 4) is 5.75 Å². The minimum absolute atomic E-state index is 0.0443. The van der Waals surface area contributed by atoms with Crippen molar-refractivity contribution in [2.75, 3.05) is 26.7 Å². The van der Waals surface area contributed by atoms with Gasteiger partial charge in [0.1, 0.15) is 5.75 Å². The highest BCUT2D eigenvalue weighted by atomic mass is 16.5. The summed E-state index contributed by atoms with van der Waals surface area (Å²) in [7, 11) is 1.64. The molecule has 8 heteroatoms. The molecule has 2 heterocycles. The minimum Gasteiger partial charge on any atom is -0.497 e. The van der Waals surface area contributed by atoms with Crippen molar-refractivity contribution in [3.05, 3.63) is 41.7 Å². The van der Waals surface area contributed by atoms with E-state index >= 15 is 0 Å². The molecule has 0 spiro atoms. The fourth-order valence-corrected chi connectivity index (χ4v) is 3.55. The summed E-state index contributed by atoms with van der Waals surface area (Å²) < 4.78 is 6.90. The molecule has 1 aliphatic rings. The number of methoxy groups -OCH3 is 1. The monoisotopic (exact) mass is 413 g/mol. The number of nitrogens with one attached hydrogen (secondary N) is 1. The van der Waals surface area contributed by atoms with Gasteiger partial charge in [0, 0.05) is 26.1 Å². The molecule has 0 saturated carbocycles. The molecular formula is C22H31N5O3. The van der Waals surface area contributed by atoms with E-state index in [1.54, 1.807) is 18.0 Å². The predicted octanol–water partition coefficient (Wildman–Crippen LogP) is 2.47. The minimum atomic E-state index is -0.210. The van der Waals surface area contributed by atoms with E-state index in [2.05, 4.69) is 15.6 Å². The molecule has 1 aromatic carbocycles. The highest BCUT2D eigenvalue weighted by Gasteiger charge is 2.26. The Kier molecular flexibility index (Phi) is 7.43. The Hall–Kier alpha value is -2.90. The number of benzene rings is 1. The van der Waals surface area contributed by atoms with Crippen LogP contribution in [0.4, 0.5) is 0 Å². The van der Waals surface area contributed by atoms with E-state index in [0.29, 0.717) is 37.5 Å². The van der Waals surface area contributed by atoms with Crippen LogP contribution in [-0.2, 0) is 11.2 Å². The Balaban J connectivity index is 1.53. The van der Waals surface area contributed by atoms with Crippen LogP contribution in [0, 0.1) is 5.92 Å². The number of carbonyl (C=O) groups is 2. The summed E-state index contributed by atoms with van der Waals surface area (Å²) >= 11 is 0. The van der Waals surface area contributed by atoms with Crippen molar-refractivity contribution in [3.63, 3.8) is 0 Å². The van der Waals surface area contributed by atoms with Gasteiger partial charge in [0.25, 0.3) is 5.91 Å². The zero-order valence-electron chi connectivity index (χ0n) is 18.0. The summed E-state index contributed by atoms with van der Waals surface area (Å²) in [5, 5.41) is 11.0. The molecule has 30 heavy (non-hydrogen) atoms. The molecule has 2 aromatic rings. The average Bonchev–Trinajstić information content (AvgIpc) is 3.26. The molecule has 1 atom stereocenters. The highest BCUT2D eigenvalue weighted by molar-refractivity contribution is 5.91. The summed E-state index contributed by atoms with van der Waals surface area (Å²) in [4.78, 5) is 26.8. The predicted molar refractivity (Wildman–Crippen MR) is 113 cm³/mol. The lowest BCUT2D eigenvalue weighted by Crippen LogP contribution is -2.41. The van der Waals surface area contributed by atoms with Crippen molar-refractivity contribution in [1.29, 1.82) is 0 Å². The molecule has 0 radical (unpaired) electrons. The SMILES string of the molecule is COc1ccc(CCC(=O)N2CCC[C@@H](n3cc(C(=O)NCC(C)C)nn3)C2)cc1. The van der Waals surface area contributed by atoms with E-state index < -0.39 is 0 Å². The van der Waals surface area contributed by atoms with Gasteiger partial charge in [-0.05, 0) is 42.9 Å². The third-order valence-corrected chi connectivity index (χ3v) is 5.32. The third-order valence-electron chi connectivity index (χ3n) is 5.32. The Morgan fingerprint density at radius 3 is 2.73 bits per heavy atom. The van der Waals surface area contributed by atoms with Gasteiger partial charge in [-0.1, -0.05) is 31.2 Å². The second kappa shape index (κ2) is 10.2. The van der Waals surface area contributed by atoms with E-state index in [4.69, 9.17) is 4.74 Å². The zero-order chi connectivity index (χ0) is 21.5. The maximum atomic E-state index is 12.7. The van der Waals surface area contributed by atoms with Crippen LogP contribution in [0.2, 0.25) is 0 Å². The zero-order valence-corrected chi connectivity index (χ0v) is 18.0. The number of piperidine rings is 1. The second-order valence-corrected chi connectivity index (χ2v) is 8.17. The number of rotatable bonds is 8. The molecule has 1 N–H and O–H groups in total. The van der Waals surface area contributed by atoms with Crippen molar-refractivity contribution in [1.82, 2.24) is 25.2 Å². The highest BCUT2D eigenvalue weighted by Crippen LogP contribution is 2.22. The van der Waals surface area contributed by atoms with Gasteiger partial charge in [0.15, 0.2) is 5.69 Å². The summed E-state index contributed by atoms with van der Waals surface area (Å²) in [6, 6.07) is 7.86. The van der Waals surface area contributed by atoms with Gasteiger partial charge in [-0.2, -0.15) is 0 Å². The Labute approximate surface area is 177 Å². The number of hydrogen-bond donors (Lipinski definition) is 1. The van der Waals surface area contributed by atoms with E-state index in [9.17, 15) is 9.59 Å². The molecule has 3 rings (SSSR count). The molecule has 8 nitrogen and oxygen atoms in total. The molecular weight excluding hydrogens is 382 g/mol. The molecule has 1 aromatic heterocycles. The first-order valence-corrected chi connectivity index (χ1v) is 10.6. The van der Waals surface area contributed by atoms with E-state index in [1.807, 2.05) is 43.0 Å². The second-order valence-electron chi connectivity index (χ2n) is 8.17. The van der Waals surface area contributed by atoms with Crippen LogP contribution in [0.1, 0.15) is 55.2 Å². The molecule has 0 unspecified atom stereocenters. The maximum absolute atomic E-state index is 12.7. The number of aryl methyl sites for hydroxylation is 1. The van der Waals surface area contributed by atoms with Gasteiger partial charge in [-0.25, -0.2) is 4.68 Å². The van der Waals surface area contributed by atoms with E-state index in [1.165, 1.54) is 0 Å². The van der Waals surface area contributed by atoms with Gasteiger partial charge >= 0.3 is 0 Å². The molecule has 2 amide bonds. The average molecular weight is 414 g/mol. The van der Waals surface area contributed by atoms with Gasteiger partial charge in [0.2, 0.25) is 5.91 Å². The number of amides is 2. The summed E-state index contributed by atoms with van der Waals surface area (Å²) in [6.07, 6.45) is 4.69. The lowest BCUT2D eigenvalue weighted by Gasteiger charge is -2.32. The summed E-state index contributed by atoms with van der Waals surface area (Å²) in [6.45, 7) is 6.04. The number of ether oxygens (including phenoxy) is 1. The Bertz CT molecular complexity index is 847. The number of aromatic nitrogens is 3. The standard InChI is InChI=1S/C22H31N5O3/c1-16(2)13-23-22(29)20-15-27(25-24-20)18-5-4-12-26(14-18)21(28)11-8-17-6-9-19(30-3)10-7-17/h6-7,9-10,15-16,18H,4-5,8,11-14H2,1-3H3,(H,23,29)/t18-/m1/s1. The van der Waals surface area contributed by atoms with Crippen molar-refractivity contribution >= 4 is 11.8 Å². The summed E-state index contributed by atoms with van der Waals surface area (Å²) in [5.74, 6) is 1.12. The third kappa shape index (κ3) is 5.81. The molecule has 0 bridgehead atoms. The lowest BCUT2D eigenvalue weighted by atomic mass is 10.0. The summed E-state index contributed by atoms with van der Waals surface area (Å²) in [5.41, 5.74) is 1.43. The van der Waals surface area contributed by atoms with E-state index in [0.717, 1.165) is 30.7 Å². The van der Waals surface area contributed by atoms with Crippen LogP contribution in [0.5, 0.6) is 5.75 Å². The first-order valence-electron chi connectivity index (χ1n) is 10.6. The first kappa shape index (κ1) is 21.8. The molecule has 1 fully saturated rings.